The molecule has 0 radical (unpaired) electrons. The Kier molecular flexibility index (Phi) is 3.75. The van der Waals surface area contributed by atoms with E-state index >= 15 is 4.39 Å². The number of rotatable bonds is 2. The number of alkyl halides is 2. The second-order valence-electron chi connectivity index (χ2n) is 9.56. The quantitative estimate of drug-likeness (QED) is 0.717. The van der Waals surface area contributed by atoms with Crippen LogP contribution in [0.1, 0.15) is 46.6 Å². The van der Waals surface area contributed by atoms with Gasteiger partial charge in [0.1, 0.15) is 5.82 Å². The van der Waals surface area contributed by atoms with E-state index < -0.39 is 47.5 Å². The first kappa shape index (κ1) is 19.2. The molecule has 8 heteroatoms. The Hall–Kier alpha value is -1.80. The SMILES string of the molecule is CC1(C)OB(c2ccc3ccn(C4C[C@@H]5[C@H](C4)C5(F)F)c(=O)c3c2F)OC1(C)C. The zero-order valence-electron chi connectivity index (χ0n) is 16.8. The molecule has 1 aromatic heterocycles. The predicted octanol–water partition coefficient (Wildman–Crippen LogP) is 3.66. The fraction of sp³-hybridized carbons (Fsp3) is 0.571. The van der Waals surface area contributed by atoms with Crippen LogP contribution in [0.2, 0.25) is 0 Å². The molecule has 1 saturated heterocycles. The standard InChI is InChI=1S/C21H23BF3NO3/c1-19(2)20(3,4)29-22(28-19)15-6-5-11-7-8-26(18(27)16(11)17(15)23)12-9-13-14(10-12)21(13,24)25/h5-8,12-14H,9-10H2,1-4H3/t12?,13-,14+. The molecule has 2 saturated carbocycles. The maximum absolute atomic E-state index is 15.5. The summed E-state index contributed by atoms with van der Waals surface area (Å²) in [6.07, 6.45) is 2.09. The summed E-state index contributed by atoms with van der Waals surface area (Å²) >= 11 is 0. The van der Waals surface area contributed by atoms with Crippen molar-refractivity contribution in [1.82, 2.24) is 4.57 Å². The molecule has 154 valence electrons. The van der Waals surface area contributed by atoms with Crippen LogP contribution in [0.4, 0.5) is 13.2 Å². The first-order chi connectivity index (χ1) is 13.4. The molecule has 1 unspecified atom stereocenters. The van der Waals surface area contributed by atoms with Crippen molar-refractivity contribution in [2.24, 2.45) is 11.8 Å². The Labute approximate surface area is 167 Å². The summed E-state index contributed by atoms with van der Waals surface area (Å²) in [6.45, 7) is 7.50. The van der Waals surface area contributed by atoms with Gasteiger partial charge in [0.05, 0.1) is 16.6 Å². The van der Waals surface area contributed by atoms with Gasteiger partial charge in [0.15, 0.2) is 0 Å². The number of halogens is 3. The maximum atomic E-state index is 15.5. The van der Waals surface area contributed by atoms with E-state index in [-0.39, 0.29) is 29.7 Å². The average molecular weight is 405 g/mol. The van der Waals surface area contributed by atoms with E-state index in [4.69, 9.17) is 9.31 Å². The Morgan fingerprint density at radius 3 is 2.21 bits per heavy atom. The van der Waals surface area contributed by atoms with Crippen molar-refractivity contribution < 1.29 is 22.5 Å². The van der Waals surface area contributed by atoms with Crippen LogP contribution < -0.4 is 11.0 Å². The molecule has 2 aliphatic carbocycles. The summed E-state index contributed by atoms with van der Waals surface area (Å²) in [7, 11) is -0.921. The number of nitrogens with zero attached hydrogens (tertiary/aromatic N) is 1. The lowest BCUT2D eigenvalue weighted by atomic mass is 9.77. The number of hydrogen-bond acceptors (Lipinski definition) is 3. The molecule has 4 nitrogen and oxygen atoms in total. The highest BCUT2D eigenvalue weighted by Crippen LogP contribution is 2.66. The zero-order valence-corrected chi connectivity index (χ0v) is 16.8. The van der Waals surface area contributed by atoms with E-state index in [0.717, 1.165) is 0 Å². The number of pyridine rings is 1. The minimum atomic E-state index is -2.61. The van der Waals surface area contributed by atoms with Crippen LogP contribution in [0.3, 0.4) is 0 Å². The van der Waals surface area contributed by atoms with Gasteiger partial charge in [-0.2, -0.15) is 0 Å². The van der Waals surface area contributed by atoms with Gasteiger partial charge in [-0.3, -0.25) is 4.79 Å². The Morgan fingerprint density at radius 2 is 1.62 bits per heavy atom. The summed E-state index contributed by atoms with van der Waals surface area (Å²) in [6, 6.07) is 4.59. The molecule has 1 aromatic carbocycles. The number of benzene rings is 1. The van der Waals surface area contributed by atoms with Crippen molar-refractivity contribution in [1.29, 1.82) is 0 Å². The first-order valence-electron chi connectivity index (χ1n) is 10.0. The number of fused-ring (bicyclic) bond motifs is 2. The van der Waals surface area contributed by atoms with Crippen LogP contribution in [-0.4, -0.2) is 28.8 Å². The van der Waals surface area contributed by atoms with Crippen LogP contribution in [0.25, 0.3) is 10.8 Å². The monoisotopic (exact) mass is 405 g/mol. The van der Waals surface area contributed by atoms with Crippen molar-refractivity contribution in [3.05, 3.63) is 40.6 Å². The van der Waals surface area contributed by atoms with Crippen molar-refractivity contribution in [3.8, 4) is 0 Å². The van der Waals surface area contributed by atoms with Crippen molar-refractivity contribution >= 4 is 23.4 Å². The summed E-state index contributed by atoms with van der Waals surface area (Å²) in [4.78, 5) is 13.1. The third-order valence-electron chi connectivity index (χ3n) is 7.39. The Bertz CT molecular complexity index is 1050. The molecule has 0 bridgehead atoms. The van der Waals surface area contributed by atoms with Gasteiger partial charge in [0, 0.05) is 29.5 Å². The van der Waals surface area contributed by atoms with Crippen LogP contribution in [0.5, 0.6) is 0 Å². The number of hydrogen-bond donors (Lipinski definition) is 0. The smallest absolute Gasteiger partial charge is 0.399 e. The minimum absolute atomic E-state index is 0.0490. The van der Waals surface area contributed by atoms with E-state index in [2.05, 4.69) is 0 Å². The van der Waals surface area contributed by atoms with Gasteiger partial charge in [0.2, 0.25) is 0 Å². The van der Waals surface area contributed by atoms with E-state index in [9.17, 15) is 13.6 Å². The molecule has 2 heterocycles. The summed E-state index contributed by atoms with van der Waals surface area (Å²) in [5.41, 5.74) is -1.59. The van der Waals surface area contributed by atoms with Crippen LogP contribution >= 0.6 is 0 Å². The van der Waals surface area contributed by atoms with Gasteiger partial charge in [-0.05, 0) is 52.0 Å². The lowest BCUT2D eigenvalue weighted by Crippen LogP contribution is -2.41. The second kappa shape index (κ2) is 5.67. The first-order valence-corrected chi connectivity index (χ1v) is 10.0. The molecule has 3 atom stereocenters. The zero-order chi connectivity index (χ0) is 20.9. The van der Waals surface area contributed by atoms with Gasteiger partial charge in [-0.15, -0.1) is 0 Å². The van der Waals surface area contributed by atoms with E-state index in [1.165, 1.54) is 4.57 Å². The molecule has 0 amide bonds. The molecule has 3 fully saturated rings. The normalized spacial score (nSPS) is 31.3. The fourth-order valence-electron chi connectivity index (χ4n) is 4.77. The molecular formula is C21H23BF3NO3. The lowest BCUT2D eigenvalue weighted by molar-refractivity contribution is 0.00578. The highest BCUT2D eigenvalue weighted by Gasteiger charge is 2.71. The highest BCUT2D eigenvalue weighted by molar-refractivity contribution is 6.62. The molecule has 0 N–H and O–H groups in total. The third-order valence-corrected chi connectivity index (χ3v) is 7.39. The lowest BCUT2D eigenvalue weighted by Gasteiger charge is -2.32. The molecule has 5 rings (SSSR count). The highest BCUT2D eigenvalue weighted by atomic mass is 19.3. The van der Waals surface area contributed by atoms with E-state index in [1.54, 1.807) is 24.4 Å². The van der Waals surface area contributed by atoms with Gasteiger partial charge < -0.3 is 13.9 Å². The predicted molar refractivity (Wildman–Crippen MR) is 104 cm³/mol. The minimum Gasteiger partial charge on any atom is -0.399 e. The molecule has 0 spiro atoms. The molecule has 2 aromatic rings. The molecular weight excluding hydrogens is 382 g/mol. The Morgan fingerprint density at radius 1 is 1.03 bits per heavy atom. The van der Waals surface area contributed by atoms with E-state index in [1.807, 2.05) is 27.7 Å². The fourth-order valence-corrected chi connectivity index (χ4v) is 4.77. The maximum Gasteiger partial charge on any atom is 0.497 e. The van der Waals surface area contributed by atoms with Gasteiger partial charge in [-0.1, -0.05) is 12.1 Å². The third kappa shape index (κ3) is 2.58. The average Bonchev–Trinajstić information content (AvgIpc) is 2.95. The van der Waals surface area contributed by atoms with E-state index in [0.29, 0.717) is 5.39 Å². The topological polar surface area (TPSA) is 40.5 Å². The molecule has 29 heavy (non-hydrogen) atoms. The molecule has 3 aliphatic rings. The second-order valence-corrected chi connectivity index (χ2v) is 9.56. The van der Waals surface area contributed by atoms with Gasteiger partial charge >= 0.3 is 7.12 Å². The number of aromatic nitrogens is 1. The molecule has 1 aliphatic heterocycles. The van der Waals surface area contributed by atoms with Crippen molar-refractivity contribution in [2.75, 3.05) is 0 Å². The van der Waals surface area contributed by atoms with Crippen LogP contribution in [0, 0.1) is 17.7 Å². The van der Waals surface area contributed by atoms with Crippen LogP contribution in [-0.2, 0) is 9.31 Å². The summed E-state index contributed by atoms with van der Waals surface area (Å²) in [5.74, 6) is -4.59. The van der Waals surface area contributed by atoms with Crippen molar-refractivity contribution in [3.63, 3.8) is 0 Å². The summed E-state index contributed by atoms with van der Waals surface area (Å²) < 4.78 is 55.8. The van der Waals surface area contributed by atoms with Gasteiger partial charge in [0.25, 0.3) is 11.5 Å². The summed E-state index contributed by atoms with van der Waals surface area (Å²) in [5, 5.41) is 0.421. The Balaban J connectivity index is 1.54. The van der Waals surface area contributed by atoms with Gasteiger partial charge in [-0.25, -0.2) is 13.2 Å². The van der Waals surface area contributed by atoms with Crippen molar-refractivity contribution in [2.45, 2.75) is 63.7 Å². The largest absolute Gasteiger partial charge is 0.497 e. The van der Waals surface area contributed by atoms with Crippen LogP contribution in [0.15, 0.2) is 29.2 Å².